The topological polar surface area (TPSA) is 43.1 Å². The van der Waals surface area contributed by atoms with Crippen molar-refractivity contribution in [3.63, 3.8) is 0 Å². The second kappa shape index (κ2) is 5.23. The van der Waals surface area contributed by atoms with Crippen molar-refractivity contribution in [2.24, 2.45) is 0 Å². The minimum atomic E-state index is -0.0346. The Kier molecular flexibility index (Phi) is 3.40. The quantitative estimate of drug-likeness (QED) is 0.554. The van der Waals surface area contributed by atoms with Crippen LogP contribution in [0.3, 0.4) is 0 Å². The van der Waals surface area contributed by atoms with E-state index in [-0.39, 0.29) is 5.78 Å². The van der Waals surface area contributed by atoms with Crippen molar-refractivity contribution < 1.29 is 4.79 Å². The molecule has 21 heavy (non-hydrogen) atoms. The Morgan fingerprint density at radius 3 is 2.57 bits per heavy atom. The molecule has 0 aliphatic heterocycles. The van der Waals surface area contributed by atoms with E-state index in [1.165, 1.54) is 0 Å². The number of hydrogen-bond donors (Lipinski definition) is 1. The molecule has 0 radical (unpaired) electrons. The van der Waals surface area contributed by atoms with Gasteiger partial charge in [0.25, 0.3) is 0 Å². The Morgan fingerprint density at radius 2 is 1.81 bits per heavy atom. The van der Waals surface area contributed by atoms with Gasteiger partial charge < -0.3 is 5.73 Å². The van der Waals surface area contributed by atoms with E-state index in [0.29, 0.717) is 16.3 Å². The van der Waals surface area contributed by atoms with Gasteiger partial charge in [0.2, 0.25) is 0 Å². The third kappa shape index (κ3) is 2.39. The monoisotopic (exact) mass is 295 g/mol. The molecule has 0 aliphatic carbocycles. The van der Waals surface area contributed by atoms with Gasteiger partial charge in [-0.15, -0.1) is 0 Å². The molecule has 0 aromatic heterocycles. The second-order valence-electron chi connectivity index (χ2n) is 5.04. The lowest BCUT2D eigenvalue weighted by atomic mass is 9.93. The smallest absolute Gasteiger partial charge is 0.193 e. The molecule has 3 rings (SSSR count). The van der Waals surface area contributed by atoms with E-state index in [1.807, 2.05) is 43.3 Å². The molecule has 3 aromatic rings. The number of carbonyl (C=O) groups excluding carboxylic acids is 1. The number of halogens is 1. The summed E-state index contributed by atoms with van der Waals surface area (Å²) in [6, 6.07) is 16.9. The zero-order valence-electron chi connectivity index (χ0n) is 11.6. The van der Waals surface area contributed by atoms with Crippen LogP contribution < -0.4 is 5.73 Å². The van der Waals surface area contributed by atoms with E-state index in [4.69, 9.17) is 17.3 Å². The number of carbonyl (C=O) groups is 1. The lowest BCUT2D eigenvalue weighted by Crippen LogP contribution is -2.05. The van der Waals surface area contributed by atoms with Gasteiger partial charge in [0.15, 0.2) is 5.78 Å². The first-order chi connectivity index (χ1) is 10.1. The zero-order valence-corrected chi connectivity index (χ0v) is 12.3. The number of ketones is 1. The number of anilines is 1. The fraction of sp³-hybridized carbons (Fsp3) is 0.0556. The summed E-state index contributed by atoms with van der Waals surface area (Å²) < 4.78 is 0. The predicted molar refractivity (Wildman–Crippen MR) is 88.0 cm³/mol. The van der Waals surface area contributed by atoms with Crippen LogP contribution in [0.4, 0.5) is 5.69 Å². The molecule has 0 heterocycles. The van der Waals surface area contributed by atoms with E-state index in [9.17, 15) is 4.79 Å². The summed E-state index contributed by atoms with van der Waals surface area (Å²) in [6.45, 7) is 1.94. The van der Waals surface area contributed by atoms with Gasteiger partial charge >= 0.3 is 0 Å². The highest BCUT2D eigenvalue weighted by Gasteiger charge is 2.16. The first-order valence-corrected chi connectivity index (χ1v) is 7.04. The van der Waals surface area contributed by atoms with Crippen molar-refractivity contribution in [3.05, 3.63) is 76.3 Å². The maximum atomic E-state index is 12.8. The maximum absolute atomic E-state index is 12.8. The zero-order chi connectivity index (χ0) is 15.0. The highest BCUT2D eigenvalue weighted by molar-refractivity contribution is 6.33. The van der Waals surface area contributed by atoms with Crippen LogP contribution in [0.15, 0.2) is 54.6 Å². The molecule has 0 amide bonds. The van der Waals surface area contributed by atoms with Gasteiger partial charge in [0, 0.05) is 11.1 Å². The van der Waals surface area contributed by atoms with Crippen LogP contribution in [0.1, 0.15) is 21.5 Å². The van der Waals surface area contributed by atoms with Crippen molar-refractivity contribution in [1.29, 1.82) is 0 Å². The van der Waals surface area contributed by atoms with Crippen LogP contribution in [0.25, 0.3) is 10.8 Å². The lowest BCUT2D eigenvalue weighted by Gasteiger charge is -2.10. The Labute approximate surface area is 128 Å². The number of aryl methyl sites for hydroxylation is 1. The second-order valence-corrected chi connectivity index (χ2v) is 5.45. The first kappa shape index (κ1) is 13.7. The molecule has 0 saturated heterocycles. The summed E-state index contributed by atoms with van der Waals surface area (Å²) in [7, 11) is 0. The van der Waals surface area contributed by atoms with Crippen LogP contribution >= 0.6 is 11.6 Å². The summed E-state index contributed by atoms with van der Waals surface area (Å²) in [5, 5.41) is 2.46. The number of fused-ring (bicyclic) bond motifs is 1. The minimum absolute atomic E-state index is 0.0346. The largest absolute Gasteiger partial charge is 0.398 e. The molecule has 3 aromatic carbocycles. The normalized spacial score (nSPS) is 10.8. The molecule has 104 valence electrons. The minimum Gasteiger partial charge on any atom is -0.398 e. The van der Waals surface area contributed by atoms with Crippen molar-refractivity contribution in [2.75, 3.05) is 5.73 Å². The van der Waals surface area contributed by atoms with Gasteiger partial charge in [-0.25, -0.2) is 0 Å². The fourth-order valence-electron chi connectivity index (χ4n) is 2.51. The molecule has 3 heteroatoms. The van der Waals surface area contributed by atoms with E-state index in [1.54, 1.807) is 18.2 Å². The molecule has 0 atom stereocenters. The van der Waals surface area contributed by atoms with Gasteiger partial charge in [-0.2, -0.15) is 0 Å². The third-order valence-electron chi connectivity index (χ3n) is 3.62. The molecule has 0 bridgehead atoms. The standard InChI is InChI=1S/C18H14ClNO/c1-11-6-7-12-4-2-3-5-14(12)17(11)18(21)13-8-9-15(19)16(20)10-13/h2-10H,20H2,1H3. The van der Waals surface area contributed by atoms with Crippen LogP contribution in [-0.4, -0.2) is 5.78 Å². The molecule has 2 N–H and O–H groups in total. The van der Waals surface area contributed by atoms with Crippen molar-refractivity contribution >= 4 is 33.8 Å². The summed E-state index contributed by atoms with van der Waals surface area (Å²) in [5.74, 6) is -0.0346. The van der Waals surface area contributed by atoms with Gasteiger partial charge in [0.1, 0.15) is 0 Å². The average molecular weight is 296 g/mol. The van der Waals surface area contributed by atoms with Crippen molar-refractivity contribution in [3.8, 4) is 0 Å². The Balaban J connectivity index is 2.21. The van der Waals surface area contributed by atoms with E-state index in [2.05, 4.69) is 0 Å². The molecular weight excluding hydrogens is 282 g/mol. The predicted octanol–water partition coefficient (Wildman–Crippen LogP) is 4.61. The van der Waals surface area contributed by atoms with Gasteiger partial charge in [-0.1, -0.05) is 48.0 Å². The first-order valence-electron chi connectivity index (χ1n) is 6.66. The SMILES string of the molecule is Cc1ccc2ccccc2c1C(=O)c1ccc(Cl)c(N)c1. The summed E-state index contributed by atoms with van der Waals surface area (Å²) in [4.78, 5) is 12.8. The summed E-state index contributed by atoms with van der Waals surface area (Å²) in [5.41, 5.74) is 8.44. The van der Waals surface area contributed by atoms with Crippen LogP contribution in [0.2, 0.25) is 5.02 Å². The molecule has 0 unspecified atom stereocenters. The number of hydrogen-bond acceptors (Lipinski definition) is 2. The number of nitrogens with two attached hydrogens (primary N) is 1. The maximum Gasteiger partial charge on any atom is 0.193 e. The number of rotatable bonds is 2. The molecule has 0 aliphatic rings. The Hall–Kier alpha value is -2.32. The molecule has 0 fully saturated rings. The van der Waals surface area contributed by atoms with E-state index >= 15 is 0 Å². The molecule has 0 spiro atoms. The van der Waals surface area contributed by atoms with E-state index in [0.717, 1.165) is 21.9 Å². The lowest BCUT2D eigenvalue weighted by molar-refractivity contribution is 0.104. The van der Waals surface area contributed by atoms with Crippen molar-refractivity contribution in [1.82, 2.24) is 0 Å². The third-order valence-corrected chi connectivity index (χ3v) is 3.97. The number of benzene rings is 3. The molecule has 2 nitrogen and oxygen atoms in total. The van der Waals surface area contributed by atoms with Crippen molar-refractivity contribution in [2.45, 2.75) is 6.92 Å². The fourth-order valence-corrected chi connectivity index (χ4v) is 2.63. The molecule has 0 saturated carbocycles. The van der Waals surface area contributed by atoms with Gasteiger partial charge in [-0.3, -0.25) is 4.79 Å². The average Bonchev–Trinajstić information content (AvgIpc) is 2.49. The Morgan fingerprint density at radius 1 is 1.05 bits per heavy atom. The highest BCUT2D eigenvalue weighted by atomic mass is 35.5. The van der Waals surface area contributed by atoms with Gasteiger partial charge in [0.05, 0.1) is 10.7 Å². The number of nitrogen functional groups attached to an aromatic ring is 1. The van der Waals surface area contributed by atoms with Gasteiger partial charge in [-0.05, 0) is 41.5 Å². The summed E-state index contributed by atoms with van der Waals surface area (Å²) in [6.07, 6.45) is 0. The molecular formula is C18H14ClNO. The highest BCUT2D eigenvalue weighted by Crippen LogP contribution is 2.27. The van der Waals surface area contributed by atoms with Crippen LogP contribution in [-0.2, 0) is 0 Å². The van der Waals surface area contributed by atoms with Crippen LogP contribution in [0.5, 0.6) is 0 Å². The van der Waals surface area contributed by atoms with E-state index < -0.39 is 0 Å². The summed E-state index contributed by atoms with van der Waals surface area (Å²) >= 11 is 5.92. The van der Waals surface area contributed by atoms with Crippen LogP contribution in [0, 0.1) is 6.92 Å². The Bertz CT molecular complexity index is 855.